The number of benzene rings is 2. The fraction of sp³-hybridized carbons (Fsp3) is 0.217. The molecule has 1 amide bonds. The predicted octanol–water partition coefficient (Wildman–Crippen LogP) is 2.23. The number of hydrogen-bond acceptors (Lipinski definition) is 6. The van der Waals surface area contributed by atoms with Crippen LogP contribution in [0.25, 0.3) is 11.2 Å². The number of phenols is 1. The number of amides is 1. The van der Waals surface area contributed by atoms with Crippen molar-refractivity contribution in [3.63, 3.8) is 0 Å². The molecule has 4 rings (SSSR count). The Bertz CT molecular complexity index is 1470. The maximum Gasteiger partial charge on any atom is 0.332 e. The molecule has 0 saturated heterocycles. The zero-order chi connectivity index (χ0) is 23.7. The van der Waals surface area contributed by atoms with E-state index in [1.165, 1.54) is 35.5 Å². The molecule has 2 aromatic carbocycles. The zero-order valence-electron chi connectivity index (χ0n) is 18.4. The third-order valence-electron chi connectivity index (χ3n) is 5.24. The highest BCUT2D eigenvalue weighted by Gasteiger charge is 2.20. The van der Waals surface area contributed by atoms with E-state index >= 15 is 0 Å². The molecule has 0 saturated carbocycles. The first-order chi connectivity index (χ1) is 15.7. The van der Waals surface area contributed by atoms with Crippen LogP contribution >= 0.6 is 11.8 Å². The van der Waals surface area contributed by atoms with Gasteiger partial charge >= 0.3 is 5.69 Å². The first-order valence-electron chi connectivity index (χ1n) is 10.2. The molecule has 9 nitrogen and oxygen atoms in total. The number of hydrogen-bond donors (Lipinski definition) is 2. The van der Waals surface area contributed by atoms with Gasteiger partial charge in [0.25, 0.3) is 5.56 Å². The molecular formula is C23H23N5O4S. The molecule has 0 unspecified atom stereocenters. The lowest BCUT2D eigenvalue weighted by Crippen LogP contribution is -2.37. The fourth-order valence-electron chi connectivity index (χ4n) is 3.47. The van der Waals surface area contributed by atoms with Crippen LogP contribution in [-0.4, -0.2) is 35.5 Å². The Morgan fingerprint density at radius 1 is 1.09 bits per heavy atom. The molecule has 2 heterocycles. The minimum atomic E-state index is -0.467. The topological polar surface area (TPSA) is 111 Å². The molecule has 0 aliphatic rings. The smallest absolute Gasteiger partial charge is 0.332 e. The minimum absolute atomic E-state index is 0.0289. The van der Waals surface area contributed by atoms with E-state index < -0.39 is 11.2 Å². The third-order valence-corrected chi connectivity index (χ3v) is 6.21. The minimum Gasteiger partial charge on any atom is -0.508 e. The van der Waals surface area contributed by atoms with Crippen LogP contribution in [0.1, 0.15) is 11.1 Å². The van der Waals surface area contributed by atoms with Crippen LogP contribution in [0.3, 0.4) is 0 Å². The van der Waals surface area contributed by atoms with Crippen molar-refractivity contribution in [2.45, 2.75) is 18.6 Å². The lowest BCUT2D eigenvalue weighted by molar-refractivity contribution is -0.113. The molecule has 10 heteroatoms. The molecule has 2 aromatic heterocycles. The largest absolute Gasteiger partial charge is 0.508 e. The van der Waals surface area contributed by atoms with Crippen LogP contribution in [0.4, 0.5) is 5.69 Å². The lowest BCUT2D eigenvalue weighted by atomic mass is 10.1. The van der Waals surface area contributed by atoms with Crippen LogP contribution in [0.15, 0.2) is 63.3 Å². The van der Waals surface area contributed by atoms with E-state index in [-0.39, 0.29) is 23.1 Å². The molecule has 0 bridgehead atoms. The number of carbonyl (C=O) groups excluding carboxylic acids is 1. The van der Waals surface area contributed by atoms with Gasteiger partial charge in [-0.1, -0.05) is 47.7 Å². The van der Waals surface area contributed by atoms with Gasteiger partial charge in [0.05, 0.1) is 12.3 Å². The number of rotatable bonds is 6. The van der Waals surface area contributed by atoms with Gasteiger partial charge in [0, 0.05) is 25.8 Å². The molecule has 4 aromatic rings. The summed E-state index contributed by atoms with van der Waals surface area (Å²) < 4.78 is 4.13. The molecule has 0 fully saturated rings. The summed E-state index contributed by atoms with van der Waals surface area (Å²) in [6, 6.07) is 14.2. The molecule has 33 heavy (non-hydrogen) atoms. The Balaban J connectivity index is 1.70. The number of phenolic OH excluding ortho intramolecular Hbond substituents is 1. The van der Waals surface area contributed by atoms with Crippen molar-refractivity contribution in [3.05, 3.63) is 80.5 Å². The number of aryl methyl sites for hydroxylation is 2. The number of aromatic hydroxyl groups is 1. The summed E-state index contributed by atoms with van der Waals surface area (Å²) in [6.07, 6.45) is 0. The summed E-state index contributed by atoms with van der Waals surface area (Å²) in [7, 11) is 3.00. The van der Waals surface area contributed by atoms with Gasteiger partial charge in [-0.25, -0.2) is 9.78 Å². The highest BCUT2D eigenvalue weighted by atomic mass is 32.2. The second-order valence-electron chi connectivity index (χ2n) is 7.73. The van der Waals surface area contributed by atoms with Crippen molar-refractivity contribution in [2.24, 2.45) is 14.1 Å². The van der Waals surface area contributed by atoms with Crippen molar-refractivity contribution >= 4 is 34.5 Å². The van der Waals surface area contributed by atoms with Crippen molar-refractivity contribution in [3.8, 4) is 5.75 Å². The van der Waals surface area contributed by atoms with Crippen molar-refractivity contribution in [1.29, 1.82) is 0 Å². The average Bonchev–Trinajstić information content (AvgIpc) is 3.14. The van der Waals surface area contributed by atoms with E-state index in [2.05, 4.69) is 10.3 Å². The Morgan fingerprint density at radius 3 is 2.52 bits per heavy atom. The van der Waals surface area contributed by atoms with E-state index in [1.54, 1.807) is 23.7 Å². The molecule has 2 N–H and O–H groups in total. The van der Waals surface area contributed by atoms with Gasteiger partial charge in [0.15, 0.2) is 16.3 Å². The van der Waals surface area contributed by atoms with E-state index in [9.17, 15) is 19.5 Å². The molecule has 0 atom stereocenters. The normalized spacial score (nSPS) is 11.1. The monoisotopic (exact) mass is 465 g/mol. The van der Waals surface area contributed by atoms with Crippen molar-refractivity contribution < 1.29 is 9.90 Å². The van der Waals surface area contributed by atoms with E-state index in [1.807, 2.05) is 31.2 Å². The highest BCUT2D eigenvalue weighted by Crippen LogP contribution is 2.24. The van der Waals surface area contributed by atoms with Crippen LogP contribution in [0.2, 0.25) is 0 Å². The predicted molar refractivity (Wildman–Crippen MR) is 128 cm³/mol. The fourth-order valence-corrected chi connectivity index (χ4v) is 4.27. The van der Waals surface area contributed by atoms with Crippen molar-refractivity contribution in [2.75, 3.05) is 11.1 Å². The van der Waals surface area contributed by atoms with Gasteiger partial charge in [-0.3, -0.25) is 18.7 Å². The lowest BCUT2D eigenvalue weighted by Gasteiger charge is -2.10. The van der Waals surface area contributed by atoms with Gasteiger partial charge in [-0.15, -0.1) is 0 Å². The second kappa shape index (κ2) is 8.99. The van der Waals surface area contributed by atoms with Gasteiger partial charge < -0.3 is 15.0 Å². The Morgan fingerprint density at radius 2 is 1.82 bits per heavy atom. The molecule has 0 radical (unpaired) electrons. The van der Waals surface area contributed by atoms with E-state index in [4.69, 9.17) is 0 Å². The summed E-state index contributed by atoms with van der Waals surface area (Å²) in [5.74, 6) is -0.209. The number of thioether (sulfide) groups is 1. The average molecular weight is 466 g/mol. The Labute approximate surface area is 193 Å². The SMILES string of the molecule is Cc1ccc(Cn2c(SCC(=O)Nc3cccc(O)c3)nc3c2c(=O)n(C)c(=O)n3C)cc1. The summed E-state index contributed by atoms with van der Waals surface area (Å²) in [4.78, 5) is 42.4. The quantitative estimate of drug-likeness (QED) is 0.423. The number of aromatic nitrogens is 4. The maximum atomic E-state index is 13.0. The number of imidazole rings is 1. The number of anilines is 1. The standard InChI is InChI=1S/C23H23N5O4S/c1-14-7-9-15(10-8-14)12-28-19-20(26(2)23(32)27(3)21(19)31)25-22(28)33-13-18(30)24-16-5-4-6-17(29)11-16/h4-11,29H,12-13H2,1-3H3,(H,24,30). The van der Waals surface area contributed by atoms with E-state index in [0.717, 1.165) is 15.7 Å². The van der Waals surface area contributed by atoms with Crippen molar-refractivity contribution in [1.82, 2.24) is 18.7 Å². The van der Waals surface area contributed by atoms with Crippen LogP contribution in [-0.2, 0) is 25.4 Å². The highest BCUT2D eigenvalue weighted by molar-refractivity contribution is 7.99. The van der Waals surface area contributed by atoms with Crippen LogP contribution in [0.5, 0.6) is 5.75 Å². The first-order valence-corrected chi connectivity index (χ1v) is 11.2. The number of nitrogens with zero attached hydrogens (tertiary/aromatic N) is 4. The molecule has 0 aliphatic carbocycles. The van der Waals surface area contributed by atoms with Crippen LogP contribution in [0, 0.1) is 6.92 Å². The number of nitrogens with one attached hydrogen (secondary N) is 1. The molecule has 0 spiro atoms. The Kier molecular flexibility index (Phi) is 6.10. The van der Waals surface area contributed by atoms with Gasteiger partial charge in [-0.05, 0) is 24.6 Å². The first kappa shape index (κ1) is 22.4. The zero-order valence-corrected chi connectivity index (χ0v) is 19.2. The Hall–Kier alpha value is -3.79. The van der Waals surface area contributed by atoms with Gasteiger partial charge in [0.1, 0.15) is 5.75 Å². The van der Waals surface area contributed by atoms with Gasteiger partial charge in [-0.2, -0.15) is 0 Å². The van der Waals surface area contributed by atoms with Gasteiger partial charge in [0.2, 0.25) is 5.91 Å². The summed E-state index contributed by atoms with van der Waals surface area (Å²) in [5.41, 5.74) is 2.22. The number of carbonyl (C=O) groups is 1. The number of fused-ring (bicyclic) bond motifs is 1. The second-order valence-corrected chi connectivity index (χ2v) is 8.67. The summed E-state index contributed by atoms with van der Waals surface area (Å²) in [6.45, 7) is 2.36. The summed E-state index contributed by atoms with van der Waals surface area (Å²) in [5, 5.41) is 12.8. The summed E-state index contributed by atoms with van der Waals surface area (Å²) >= 11 is 1.17. The third kappa shape index (κ3) is 4.56. The van der Waals surface area contributed by atoms with E-state index in [0.29, 0.717) is 22.9 Å². The maximum absolute atomic E-state index is 13.0. The van der Waals surface area contributed by atoms with Crippen LogP contribution < -0.4 is 16.6 Å². The molecule has 0 aliphatic heterocycles. The molecule has 170 valence electrons. The molecular weight excluding hydrogens is 442 g/mol.